The third-order valence-corrected chi connectivity index (χ3v) is 5.60. The predicted molar refractivity (Wildman–Crippen MR) is 126 cm³/mol. The lowest BCUT2D eigenvalue weighted by molar-refractivity contribution is 0.0469. The molecule has 9 heteroatoms. The van der Waals surface area contributed by atoms with Gasteiger partial charge in [0, 0.05) is 12.0 Å². The summed E-state index contributed by atoms with van der Waals surface area (Å²) in [4.78, 5) is 16.6. The molecule has 1 aromatic carbocycles. The summed E-state index contributed by atoms with van der Waals surface area (Å²) in [6.07, 6.45) is 2.74. The van der Waals surface area contributed by atoms with Crippen molar-refractivity contribution in [2.24, 2.45) is 0 Å². The smallest absolute Gasteiger partial charge is 0.407 e. The molecule has 4 rings (SSSR count). The fourth-order valence-corrected chi connectivity index (χ4v) is 4.00. The van der Waals surface area contributed by atoms with Crippen LogP contribution in [0.2, 0.25) is 5.02 Å². The average Bonchev–Trinajstić information content (AvgIpc) is 3.14. The van der Waals surface area contributed by atoms with E-state index in [1.807, 2.05) is 68.7 Å². The fraction of sp³-hybridized carbons (Fsp3) is 0.417. The number of benzene rings is 1. The van der Waals surface area contributed by atoms with Gasteiger partial charge in [0.25, 0.3) is 0 Å². The van der Waals surface area contributed by atoms with Gasteiger partial charge in [0.2, 0.25) is 0 Å². The van der Waals surface area contributed by atoms with Crippen LogP contribution in [0.3, 0.4) is 0 Å². The van der Waals surface area contributed by atoms with Crippen molar-refractivity contribution in [2.45, 2.75) is 58.1 Å². The van der Waals surface area contributed by atoms with Crippen molar-refractivity contribution >= 4 is 17.7 Å². The number of aromatic nitrogens is 4. The lowest BCUT2D eigenvalue weighted by Crippen LogP contribution is -2.45. The van der Waals surface area contributed by atoms with Gasteiger partial charge >= 0.3 is 6.09 Å². The third kappa shape index (κ3) is 5.27. The van der Waals surface area contributed by atoms with Crippen molar-refractivity contribution in [3.8, 4) is 23.0 Å². The Kier molecular flexibility index (Phi) is 6.56. The van der Waals surface area contributed by atoms with Crippen LogP contribution in [-0.4, -0.2) is 44.1 Å². The van der Waals surface area contributed by atoms with Crippen molar-refractivity contribution in [1.29, 1.82) is 0 Å². The minimum absolute atomic E-state index is 0.0216. The monoisotopic (exact) mass is 469 g/mol. The van der Waals surface area contributed by atoms with Gasteiger partial charge in [-0.25, -0.2) is 9.78 Å². The maximum atomic E-state index is 12.1. The number of alkyl carbamates (subject to hydrolysis) is 1. The van der Waals surface area contributed by atoms with E-state index in [-0.39, 0.29) is 12.0 Å². The molecule has 1 aliphatic rings. The number of halogens is 1. The molecule has 8 nitrogen and oxygen atoms in total. The summed E-state index contributed by atoms with van der Waals surface area (Å²) in [5.41, 5.74) is 0.921. The second-order valence-corrected chi connectivity index (χ2v) is 9.40. The molecule has 2 aromatic heterocycles. The van der Waals surface area contributed by atoms with E-state index in [1.54, 1.807) is 6.20 Å². The standard InChI is InChI=1S/C24H28ClN5O3/c1-5-32-17-10-11-19(26-14-17)22-29-28-21(30(22)20-9-7-6-8-18(20)25)15-12-16(13-15)27-23(31)33-24(2,3)4/h6-11,14-16H,5,12-13H2,1-4H3,(H,27,31). The molecular weight excluding hydrogens is 442 g/mol. The largest absolute Gasteiger partial charge is 0.492 e. The summed E-state index contributed by atoms with van der Waals surface area (Å²) in [5, 5.41) is 12.5. The van der Waals surface area contributed by atoms with Gasteiger partial charge < -0.3 is 14.8 Å². The summed E-state index contributed by atoms with van der Waals surface area (Å²) < 4.78 is 12.8. The Hall–Kier alpha value is -3.13. The van der Waals surface area contributed by atoms with Crippen LogP contribution in [0.4, 0.5) is 4.79 Å². The number of carbonyl (C=O) groups is 1. The minimum Gasteiger partial charge on any atom is -0.492 e. The lowest BCUT2D eigenvalue weighted by Gasteiger charge is -2.35. The number of carbonyl (C=O) groups excluding carboxylic acids is 1. The number of pyridine rings is 1. The van der Waals surface area contributed by atoms with E-state index >= 15 is 0 Å². The zero-order valence-electron chi connectivity index (χ0n) is 19.2. The Morgan fingerprint density at radius 1 is 1.18 bits per heavy atom. The van der Waals surface area contributed by atoms with Crippen LogP contribution in [0.1, 0.15) is 52.3 Å². The first kappa shape index (κ1) is 23.0. The molecule has 0 aliphatic heterocycles. The van der Waals surface area contributed by atoms with Crippen LogP contribution in [-0.2, 0) is 4.74 Å². The molecule has 1 aliphatic carbocycles. The molecule has 2 heterocycles. The van der Waals surface area contributed by atoms with Crippen LogP contribution in [0.15, 0.2) is 42.6 Å². The van der Waals surface area contributed by atoms with E-state index < -0.39 is 11.7 Å². The molecule has 174 valence electrons. The van der Waals surface area contributed by atoms with Gasteiger partial charge in [-0.05, 0) is 64.8 Å². The van der Waals surface area contributed by atoms with E-state index in [2.05, 4.69) is 20.5 Å². The van der Waals surface area contributed by atoms with Crippen LogP contribution in [0.25, 0.3) is 17.2 Å². The molecule has 0 spiro atoms. The van der Waals surface area contributed by atoms with Crippen LogP contribution < -0.4 is 10.1 Å². The quantitative estimate of drug-likeness (QED) is 0.536. The number of ether oxygens (including phenoxy) is 2. The highest BCUT2D eigenvalue weighted by molar-refractivity contribution is 6.32. The molecule has 0 atom stereocenters. The number of nitrogens with one attached hydrogen (secondary N) is 1. The molecule has 3 aromatic rings. The molecule has 0 unspecified atom stereocenters. The van der Waals surface area contributed by atoms with Gasteiger partial charge in [0.15, 0.2) is 5.82 Å². The second kappa shape index (κ2) is 9.39. The minimum atomic E-state index is -0.531. The van der Waals surface area contributed by atoms with Gasteiger partial charge in [-0.15, -0.1) is 10.2 Å². The normalized spacial score (nSPS) is 17.8. The summed E-state index contributed by atoms with van der Waals surface area (Å²) >= 11 is 6.55. The van der Waals surface area contributed by atoms with Gasteiger partial charge in [-0.3, -0.25) is 4.57 Å². The molecular formula is C24H28ClN5O3. The highest BCUT2D eigenvalue weighted by Crippen LogP contribution is 2.39. The molecule has 0 saturated heterocycles. The molecule has 1 amide bonds. The molecule has 0 bridgehead atoms. The number of para-hydroxylation sites is 1. The highest BCUT2D eigenvalue weighted by atomic mass is 35.5. The van der Waals surface area contributed by atoms with Crippen molar-refractivity contribution in [3.63, 3.8) is 0 Å². The Morgan fingerprint density at radius 3 is 2.58 bits per heavy atom. The Morgan fingerprint density at radius 2 is 1.94 bits per heavy atom. The zero-order chi connectivity index (χ0) is 23.6. The Labute approximate surface area is 198 Å². The number of rotatable bonds is 6. The predicted octanol–water partition coefficient (Wildman–Crippen LogP) is 5.15. The van der Waals surface area contributed by atoms with Gasteiger partial charge in [0.1, 0.15) is 22.9 Å². The van der Waals surface area contributed by atoms with Crippen molar-refractivity contribution in [1.82, 2.24) is 25.1 Å². The number of hydrogen-bond donors (Lipinski definition) is 1. The molecule has 33 heavy (non-hydrogen) atoms. The number of amides is 1. The van der Waals surface area contributed by atoms with Crippen LogP contribution in [0.5, 0.6) is 5.75 Å². The molecule has 1 saturated carbocycles. The maximum absolute atomic E-state index is 12.1. The van der Waals surface area contributed by atoms with E-state index in [0.29, 0.717) is 28.9 Å². The van der Waals surface area contributed by atoms with Gasteiger partial charge in [-0.2, -0.15) is 0 Å². The van der Waals surface area contributed by atoms with Gasteiger partial charge in [0.05, 0.1) is 23.5 Å². The average molecular weight is 470 g/mol. The fourth-order valence-electron chi connectivity index (χ4n) is 3.78. The van der Waals surface area contributed by atoms with E-state index in [9.17, 15) is 4.79 Å². The van der Waals surface area contributed by atoms with Crippen LogP contribution >= 0.6 is 11.6 Å². The number of nitrogens with zero attached hydrogens (tertiary/aromatic N) is 4. The van der Waals surface area contributed by atoms with Crippen molar-refractivity contribution < 1.29 is 14.3 Å². The zero-order valence-corrected chi connectivity index (χ0v) is 20.0. The third-order valence-electron chi connectivity index (χ3n) is 5.28. The Balaban J connectivity index is 1.59. The number of hydrogen-bond acceptors (Lipinski definition) is 6. The molecule has 0 radical (unpaired) electrons. The van der Waals surface area contributed by atoms with E-state index in [0.717, 1.165) is 24.4 Å². The molecule has 1 N–H and O–H groups in total. The summed E-state index contributed by atoms with van der Waals surface area (Å²) in [6, 6.07) is 11.3. The van der Waals surface area contributed by atoms with Crippen molar-refractivity contribution in [3.05, 3.63) is 53.4 Å². The van der Waals surface area contributed by atoms with E-state index in [1.165, 1.54) is 0 Å². The van der Waals surface area contributed by atoms with E-state index in [4.69, 9.17) is 21.1 Å². The van der Waals surface area contributed by atoms with Gasteiger partial charge in [-0.1, -0.05) is 23.7 Å². The maximum Gasteiger partial charge on any atom is 0.407 e. The topological polar surface area (TPSA) is 91.2 Å². The first-order chi connectivity index (χ1) is 15.7. The SMILES string of the molecule is CCOc1ccc(-c2nnc(C3CC(NC(=O)OC(C)(C)C)C3)n2-c2ccccc2Cl)nc1. The first-order valence-corrected chi connectivity index (χ1v) is 11.4. The first-order valence-electron chi connectivity index (χ1n) is 11.0. The Bertz CT molecular complexity index is 1120. The molecule has 1 fully saturated rings. The van der Waals surface area contributed by atoms with Crippen molar-refractivity contribution in [2.75, 3.05) is 6.61 Å². The summed E-state index contributed by atoms with van der Waals surface area (Å²) in [7, 11) is 0. The lowest BCUT2D eigenvalue weighted by atomic mass is 9.79. The second-order valence-electron chi connectivity index (χ2n) is 8.99. The summed E-state index contributed by atoms with van der Waals surface area (Å²) in [6.45, 7) is 8.04. The highest BCUT2D eigenvalue weighted by Gasteiger charge is 2.37. The van der Waals surface area contributed by atoms with Crippen LogP contribution in [0, 0.1) is 0 Å². The summed E-state index contributed by atoms with van der Waals surface area (Å²) in [5.74, 6) is 2.20.